The Morgan fingerprint density at radius 3 is 2.82 bits per heavy atom. The fourth-order valence-corrected chi connectivity index (χ4v) is 3.99. The van der Waals surface area contributed by atoms with Crippen molar-refractivity contribution in [2.24, 2.45) is 11.8 Å². The molecule has 0 aromatic carbocycles. The predicted octanol–water partition coefficient (Wildman–Crippen LogP) is 3.74. The van der Waals surface area contributed by atoms with Crippen LogP contribution in [0, 0.1) is 18.8 Å². The summed E-state index contributed by atoms with van der Waals surface area (Å²) in [4.78, 5) is 17.5. The molecule has 6 nitrogen and oxygen atoms in total. The third kappa shape index (κ3) is 4.49. The molecular formula is C22H33N3O3. The van der Waals surface area contributed by atoms with Crippen LogP contribution in [0.25, 0.3) is 5.65 Å². The van der Waals surface area contributed by atoms with Crippen molar-refractivity contribution in [3.63, 3.8) is 0 Å². The number of hydrogen-bond donors (Lipinski definition) is 2. The first kappa shape index (κ1) is 20.6. The number of pyridine rings is 1. The summed E-state index contributed by atoms with van der Waals surface area (Å²) in [5, 5.41) is 12.6. The first-order chi connectivity index (χ1) is 13.5. The molecule has 0 aliphatic heterocycles. The molecule has 2 atom stereocenters. The van der Waals surface area contributed by atoms with Gasteiger partial charge in [0.1, 0.15) is 5.69 Å². The molecule has 6 heteroatoms. The van der Waals surface area contributed by atoms with Gasteiger partial charge in [-0.2, -0.15) is 0 Å². The number of nitrogens with zero attached hydrogens (tertiary/aromatic N) is 2. The monoisotopic (exact) mass is 387 g/mol. The number of aromatic nitrogens is 2. The normalized spacial score (nSPS) is 17.4. The fraction of sp³-hybridized carbons (Fsp3) is 0.636. The first-order valence-electron chi connectivity index (χ1n) is 10.6. The maximum Gasteiger partial charge on any atom is 0.270 e. The molecule has 1 aliphatic rings. The maximum atomic E-state index is 12.9. The van der Waals surface area contributed by atoms with Gasteiger partial charge in [-0.3, -0.25) is 9.20 Å². The third-order valence-corrected chi connectivity index (χ3v) is 6.05. The number of carbonyl (C=O) groups excluding carboxylic acids is 1. The quantitative estimate of drug-likeness (QED) is 0.723. The summed E-state index contributed by atoms with van der Waals surface area (Å²) >= 11 is 0. The molecule has 0 saturated heterocycles. The molecule has 2 heterocycles. The van der Waals surface area contributed by atoms with Crippen LogP contribution in [0.1, 0.15) is 68.6 Å². The molecule has 154 valence electrons. The average Bonchev–Trinajstić information content (AvgIpc) is 3.06. The molecule has 2 aromatic rings. The second kappa shape index (κ2) is 9.41. The number of aliphatic hydroxyl groups excluding tert-OH is 1. The number of aliphatic hydroxyl groups is 1. The molecule has 2 aromatic heterocycles. The molecule has 2 N–H and O–H groups in total. The van der Waals surface area contributed by atoms with Crippen LogP contribution in [0.15, 0.2) is 18.3 Å². The summed E-state index contributed by atoms with van der Waals surface area (Å²) in [5.74, 6) is 1.31. The summed E-state index contributed by atoms with van der Waals surface area (Å²) in [6.45, 7) is 6.54. The minimum atomic E-state index is -0.270. The largest absolute Gasteiger partial charge is 0.489 e. The highest BCUT2D eigenvalue weighted by atomic mass is 16.5. The lowest BCUT2D eigenvalue weighted by Gasteiger charge is -2.22. The van der Waals surface area contributed by atoms with Crippen molar-refractivity contribution in [1.82, 2.24) is 14.7 Å². The van der Waals surface area contributed by atoms with Gasteiger partial charge in [-0.1, -0.05) is 39.5 Å². The topological polar surface area (TPSA) is 75.9 Å². The number of imidazole rings is 1. The SMILES string of the molecule is CCC(C)[C@H](CO)NC(=O)c1c(C)nc2c(OCC3CCCCC3)cccn12. The standard InChI is InChI=1S/C22H33N3O3/c1-4-15(2)18(13-26)24-22(27)20-16(3)23-21-19(11-8-12-25(20)21)28-14-17-9-6-5-7-10-17/h8,11-12,15,17-18,26H,4-7,9-10,13-14H2,1-3H3,(H,24,27)/t15?,18-/m0/s1. The zero-order chi connectivity index (χ0) is 20.1. The van der Waals surface area contributed by atoms with Crippen molar-refractivity contribution < 1.29 is 14.6 Å². The summed E-state index contributed by atoms with van der Waals surface area (Å²) in [6.07, 6.45) is 9.08. The van der Waals surface area contributed by atoms with Crippen LogP contribution in [0.2, 0.25) is 0 Å². The number of ether oxygens (including phenoxy) is 1. The zero-order valence-electron chi connectivity index (χ0n) is 17.3. The smallest absolute Gasteiger partial charge is 0.270 e. The Balaban J connectivity index is 1.80. The van der Waals surface area contributed by atoms with E-state index in [1.54, 1.807) is 4.40 Å². The molecule has 1 amide bonds. The van der Waals surface area contributed by atoms with Crippen molar-refractivity contribution in [2.45, 2.75) is 65.3 Å². The van der Waals surface area contributed by atoms with Gasteiger partial charge < -0.3 is 15.2 Å². The van der Waals surface area contributed by atoms with Gasteiger partial charge >= 0.3 is 0 Å². The Labute approximate surface area is 167 Å². The van der Waals surface area contributed by atoms with Crippen molar-refractivity contribution in [3.05, 3.63) is 29.7 Å². The Morgan fingerprint density at radius 1 is 1.39 bits per heavy atom. The van der Waals surface area contributed by atoms with Gasteiger partial charge in [0.25, 0.3) is 5.91 Å². The minimum absolute atomic E-state index is 0.0771. The van der Waals surface area contributed by atoms with Crippen LogP contribution in [0.4, 0.5) is 0 Å². The highest BCUT2D eigenvalue weighted by Gasteiger charge is 2.24. The number of hydrogen-bond acceptors (Lipinski definition) is 4. The number of aryl methyl sites for hydroxylation is 1. The van der Waals surface area contributed by atoms with Crippen molar-refractivity contribution in [1.29, 1.82) is 0 Å². The van der Waals surface area contributed by atoms with Gasteiger partial charge in [0.15, 0.2) is 11.4 Å². The summed E-state index contributed by atoms with van der Waals surface area (Å²) in [6, 6.07) is 3.54. The number of fused-ring (bicyclic) bond motifs is 1. The van der Waals surface area contributed by atoms with E-state index in [-0.39, 0.29) is 24.5 Å². The number of amides is 1. The predicted molar refractivity (Wildman–Crippen MR) is 110 cm³/mol. The molecular weight excluding hydrogens is 354 g/mol. The highest BCUT2D eigenvalue weighted by Crippen LogP contribution is 2.27. The Bertz CT molecular complexity index is 796. The maximum absolute atomic E-state index is 12.9. The lowest BCUT2D eigenvalue weighted by atomic mass is 9.90. The molecule has 1 aliphatic carbocycles. The highest BCUT2D eigenvalue weighted by molar-refractivity contribution is 5.95. The molecule has 1 saturated carbocycles. The lowest BCUT2D eigenvalue weighted by molar-refractivity contribution is 0.0884. The van der Waals surface area contributed by atoms with Gasteiger partial charge in [0, 0.05) is 6.20 Å². The van der Waals surface area contributed by atoms with E-state index in [9.17, 15) is 9.90 Å². The summed E-state index contributed by atoms with van der Waals surface area (Å²) in [5.41, 5.74) is 1.83. The van der Waals surface area contributed by atoms with Gasteiger partial charge in [-0.05, 0) is 43.7 Å². The van der Waals surface area contributed by atoms with E-state index in [0.717, 1.165) is 12.2 Å². The van der Waals surface area contributed by atoms with Crippen LogP contribution in [-0.2, 0) is 0 Å². The van der Waals surface area contributed by atoms with Crippen molar-refractivity contribution >= 4 is 11.6 Å². The molecule has 28 heavy (non-hydrogen) atoms. The molecule has 3 rings (SSSR count). The van der Waals surface area contributed by atoms with E-state index >= 15 is 0 Å². The van der Waals surface area contributed by atoms with Gasteiger partial charge in [-0.25, -0.2) is 4.98 Å². The molecule has 0 spiro atoms. The van der Waals surface area contributed by atoms with Crippen LogP contribution in [0.3, 0.4) is 0 Å². The minimum Gasteiger partial charge on any atom is -0.489 e. The lowest BCUT2D eigenvalue weighted by Crippen LogP contribution is -2.42. The van der Waals surface area contributed by atoms with E-state index in [0.29, 0.717) is 29.6 Å². The number of carbonyl (C=O) groups is 1. The molecule has 0 radical (unpaired) electrons. The van der Waals surface area contributed by atoms with Crippen molar-refractivity contribution in [3.8, 4) is 5.75 Å². The first-order valence-corrected chi connectivity index (χ1v) is 10.6. The Hall–Kier alpha value is -2.08. The van der Waals surface area contributed by atoms with Gasteiger partial charge in [0.05, 0.1) is 24.9 Å². The van der Waals surface area contributed by atoms with Gasteiger partial charge in [-0.15, -0.1) is 0 Å². The third-order valence-electron chi connectivity index (χ3n) is 6.05. The molecule has 0 bridgehead atoms. The van der Waals surface area contributed by atoms with Crippen LogP contribution in [-0.4, -0.2) is 39.7 Å². The summed E-state index contributed by atoms with van der Waals surface area (Å²) < 4.78 is 7.91. The van der Waals surface area contributed by atoms with E-state index in [4.69, 9.17) is 4.74 Å². The second-order valence-electron chi connectivity index (χ2n) is 8.07. The van der Waals surface area contributed by atoms with Crippen molar-refractivity contribution in [2.75, 3.05) is 13.2 Å². The zero-order valence-corrected chi connectivity index (χ0v) is 17.3. The fourth-order valence-electron chi connectivity index (χ4n) is 3.99. The number of rotatable bonds is 8. The Kier molecular flexibility index (Phi) is 6.94. The van der Waals surface area contributed by atoms with E-state index in [2.05, 4.69) is 17.2 Å². The number of nitrogens with one attached hydrogen (secondary N) is 1. The van der Waals surface area contributed by atoms with E-state index in [1.165, 1.54) is 32.1 Å². The average molecular weight is 388 g/mol. The second-order valence-corrected chi connectivity index (χ2v) is 8.07. The van der Waals surface area contributed by atoms with Gasteiger partial charge in [0.2, 0.25) is 0 Å². The molecule has 1 unspecified atom stereocenters. The van der Waals surface area contributed by atoms with Crippen LogP contribution >= 0.6 is 0 Å². The van der Waals surface area contributed by atoms with E-state index < -0.39 is 0 Å². The molecule has 1 fully saturated rings. The van der Waals surface area contributed by atoms with Crippen LogP contribution in [0.5, 0.6) is 5.75 Å². The van der Waals surface area contributed by atoms with Crippen LogP contribution < -0.4 is 10.1 Å². The Morgan fingerprint density at radius 2 is 2.14 bits per heavy atom. The van der Waals surface area contributed by atoms with E-state index in [1.807, 2.05) is 32.2 Å². The summed E-state index contributed by atoms with van der Waals surface area (Å²) in [7, 11) is 0.